The maximum absolute atomic E-state index is 11.6. The van der Waals surface area contributed by atoms with Gasteiger partial charge in [-0.1, -0.05) is 54.6 Å². The molecule has 0 spiro atoms. The van der Waals surface area contributed by atoms with E-state index in [0.29, 0.717) is 0 Å². The quantitative estimate of drug-likeness (QED) is 0.372. The van der Waals surface area contributed by atoms with Crippen molar-refractivity contribution >= 4 is 21.5 Å². The Morgan fingerprint density at radius 2 is 1.38 bits per heavy atom. The summed E-state index contributed by atoms with van der Waals surface area (Å²) >= 11 is 0. The monoisotopic (exact) mass is 200 g/mol. The number of hydrogen-bond acceptors (Lipinski definition) is 1. The van der Waals surface area contributed by atoms with Gasteiger partial charge >= 0.3 is 18.9 Å². The SMILES string of the molecule is [Li+].[O-]c1cccc2c1ccc1ccccc12. The van der Waals surface area contributed by atoms with Crippen LogP contribution >= 0.6 is 0 Å². The van der Waals surface area contributed by atoms with Crippen molar-refractivity contribution in [1.29, 1.82) is 0 Å². The second-order valence-electron chi connectivity index (χ2n) is 3.64. The fourth-order valence-corrected chi connectivity index (χ4v) is 2.01. The fraction of sp³-hybridized carbons (Fsp3) is 0. The van der Waals surface area contributed by atoms with E-state index in [9.17, 15) is 5.11 Å². The molecule has 0 unspecified atom stereocenters. The van der Waals surface area contributed by atoms with E-state index in [-0.39, 0.29) is 24.6 Å². The van der Waals surface area contributed by atoms with Gasteiger partial charge in [-0.25, -0.2) is 0 Å². The summed E-state index contributed by atoms with van der Waals surface area (Å²) in [6.07, 6.45) is 0. The Bertz CT molecular complexity index is 646. The van der Waals surface area contributed by atoms with Crippen LogP contribution < -0.4 is 24.0 Å². The van der Waals surface area contributed by atoms with Gasteiger partial charge in [-0.3, -0.25) is 0 Å². The zero-order valence-corrected chi connectivity index (χ0v) is 9.10. The third-order valence-electron chi connectivity index (χ3n) is 2.75. The molecular formula is C14H9LiO. The van der Waals surface area contributed by atoms with Crippen LogP contribution in [0.1, 0.15) is 0 Å². The van der Waals surface area contributed by atoms with Crippen LogP contribution in [0, 0.1) is 0 Å². The molecule has 0 N–H and O–H groups in total. The summed E-state index contributed by atoms with van der Waals surface area (Å²) < 4.78 is 0. The van der Waals surface area contributed by atoms with Crippen molar-refractivity contribution < 1.29 is 24.0 Å². The van der Waals surface area contributed by atoms with E-state index in [0.717, 1.165) is 16.2 Å². The fourth-order valence-electron chi connectivity index (χ4n) is 2.01. The summed E-state index contributed by atoms with van der Waals surface area (Å²) in [6, 6.07) is 17.4. The summed E-state index contributed by atoms with van der Waals surface area (Å²) in [6.45, 7) is 0. The Morgan fingerprint density at radius 1 is 0.625 bits per heavy atom. The third kappa shape index (κ3) is 1.59. The maximum Gasteiger partial charge on any atom is 1.00 e. The molecule has 0 aliphatic rings. The van der Waals surface area contributed by atoms with Crippen LogP contribution in [0.25, 0.3) is 21.5 Å². The maximum atomic E-state index is 11.6. The zero-order valence-electron chi connectivity index (χ0n) is 9.10. The van der Waals surface area contributed by atoms with Gasteiger partial charge in [0.05, 0.1) is 0 Å². The summed E-state index contributed by atoms with van der Waals surface area (Å²) in [5.74, 6) is 0.0956. The topological polar surface area (TPSA) is 23.1 Å². The van der Waals surface area contributed by atoms with E-state index in [1.165, 1.54) is 5.39 Å². The van der Waals surface area contributed by atoms with Gasteiger partial charge in [0.2, 0.25) is 0 Å². The molecule has 3 aromatic carbocycles. The summed E-state index contributed by atoms with van der Waals surface area (Å²) in [7, 11) is 0. The van der Waals surface area contributed by atoms with Gasteiger partial charge in [0.15, 0.2) is 0 Å². The second-order valence-corrected chi connectivity index (χ2v) is 3.64. The minimum absolute atomic E-state index is 0. The average molecular weight is 200 g/mol. The van der Waals surface area contributed by atoms with Gasteiger partial charge in [0, 0.05) is 0 Å². The van der Waals surface area contributed by atoms with E-state index in [4.69, 9.17) is 0 Å². The first kappa shape index (κ1) is 11.1. The molecule has 72 valence electrons. The van der Waals surface area contributed by atoms with Crippen molar-refractivity contribution in [3.63, 3.8) is 0 Å². The van der Waals surface area contributed by atoms with Crippen LogP contribution in [0.15, 0.2) is 54.6 Å². The molecule has 0 aromatic heterocycles. The van der Waals surface area contributed by atoms with Crippen LogP contribution in [0.5, 0.6) is 5.75 Å². The molecule has 0 heterocycles. The molecule has 0 bridgehead atoms. The molecule has 0 fully saturated rings. The third-order valence-corrected chi connectivity index (χ3v) is 2.75. The average Bonchev–Trinajstić information content (AvgIpc) is 2.29. The van der Waals surface area contributed by atoms with Crippen molar-refractivity contribution in [3.8, 4) is 5.75 Å². The number of hydrogen-bond donors (Lipinski definition) is 0. The Labute approximate surface area is 106 Å². The van der Waals surface area contributed by atoms with E-state index in [1.54, 1.807) is 6.07 Å². The Kier molecular flexibility index (Phi) is 2.92. The molecule has 0 radical (unpaired) electrons. The molecule has 0 aliphatic carbocycles. The van der Waals surface area contributed by atoms with Crippen molar-refractivity contribution in [2.45, 2.75) is 0 Å². The molecule has 3 aromatic rings. The summed E-state index contributed by atoms with van der Waals surface area (Å²) in [4.78, 5) is 0. The van der Waals surface area contributed by atoms with Gasteiger partial charge in [0.25, 0.3) is 0 Å². The predicted molar refractivity (Wildman–Crippen MR) is 60.9 cm³/mol. The second kappa shape index (κ2) is 4.21. The van der Waals surface area contributed by atoms with Crippen molar-refractivity contribution in [2.24, 2.45) is 0 Å². The Hall–Kier alpha value is -1.42. The smallest absolute Gasteiger partial charge is 0.872 e. The van der Waals surface area contributed by atoms with Crippen molar-refractivity contribution in [3.05, 3.63) is 54.6 Å². The van der Waals surface area contributed by atoms with Gasteiger partial charge in [-0.15, -0.1) is 5.75 Å². The molecule has 0 saturated carbocycles. The molecule has 0 atom stereocenters. The van der Waals surface area contributed by atoms with Crippen molar-refractivity contribution in [1.82, 2.24) is 0 Å². The first-order chi connectivity index (χ1) is 7.36. The van der Waals surface area contributed by atoms with E-state index in [1.807, 2.05) is 36.4 Å². The molecule has 3 rings (SSSR count). The van der Waals surface area contributed by atoms with Gasteiger partial charge in [0.1, 0.15) is 0 Å². The van der Waals surface area contributed by atoms with Gasteiger partial charge < -0.3 is 5.11 Å². The zero-order chi connectivity index (χ0) is 10.3. The van der Waals surface area contributed by atoms with Crippen molar-refractivity contribution in [2.75, 3.05) is 0 Å². The van der Waals surface area contributed by atoms with Gasteiger partial charge in [-0.05, 0) is 21.5 Å². The number of fused-ring (bicyclic) bond motifs is 3. The minimum atomic E-state index is 0. The van der Waals surface area contributed by atoms with Crippen LogP contribution in [0.2, 0.25) is 0 Å². The number of rotatable bonds is 0. The van der Waals surface area contributed by atoms with E-state index < -0.39 is 0 Å². The van der Waals surface area contributed by atoms with Crippen LogP contribution in [0.4, 0.5) is 0 Å². The predicted octanol–water partition coefficient (Wildman–Crippen LogP) is 0.0706. The molecule has 2 heteroatoms. The Morgan fingerprint density at radius 3 is 2.25 bits per heavy atom. The molecule has 1 nitrogen and oxygen atoms in total. The summed E-state index contributed by atoms with van der Waals surface area (Å²) in [5.41, 5.74) is 0. The van der Waals surface area contributed by atoms with Crippen LogP contribution in [-0.2, 0) is 0 Å². The molecule has 0 aliphatic heterocycles. The van der Waals surface area contributed by atoms with Crippen LogP contribution in [-0.4, -0.2) is 0 Å². The largest absolute Gasteiger partial charge is 1.00 e. The van der Waals surface area contributed by atoms with E-state index in [2.05, 4.69) is 12.1 Å². The first-order valence-electron chi connectivity index (χ1n) is 4.94. The molecular weight excluding hydrogens is 191 g/mol. The Balaban J connectivity index is 0.000000963. The summed E-state index contributed by atoms with van der Waals surface area (Å²) in [5, 5.41) is 15.8. The van der Waals surface area contributed by atoms with Crippen LogP contribution in [0.3, 0.4) is 0 Å². The molecule has 0 saturated heterocycles. The normalized spacial score (nSPS) is 10.2. The molecule has 0 amide bonds. The van der Waals surface area contributed by atoms with E-state index >= 15 is 0 Å². The number of benzene rings is 3. The van der Waals surface area contributed by atoms with Gasteiger partial charge in [-0.2, -0.15) is 0 Å². The standard InChI is InChI=1S/C14H10O.Li/c15-14-7-3-6-12-11-5-2-1-4-10(11)8-9-13(12)14;/h1-9,15H;/q;+1/p-1. The minimum Gasteiger partial charge on any atom is -0.872 e. The molecule has 16 heavy (non-hydrogen) atoms. The first-order valence-corrected chi connectivity index (χ1v) is 4.94.